The van der Waals surface area contributed by atoms with Crippen LogP contribution in [-0.2, 0) is 47.6 Å². The van der Waals surface area contributed by atoms with Crippen molar-refractivity contribution < 1.29 is 47.6 Å². The third-order valence-electron chi connectivity index (χ3n) is 7.09. The lowest BCUT2D eigenvalue weighted by atomic mass is 10.1. The molecule has 18 heteroatoms. The van der Waals surface area contributed by atoms with Crippen LogP contribution in [0.25, 0.3) is 0 Å². The number of hydrogen-bond acceptors (Lipinski definition) is 10. The number of carbonyl (C=O) groups excluding carboxylic acids is 4. The highest BCUT2D eigenvalue weighted by atomic mass is 35.6. The van der Waals surface area contributed by atoms with Crippen LogP contribution in [0, 0.1) is 11.8 Å². The predicted molar refractivity (Wildman–Crippen MR) is 152 cm³/mol. The molecular weight excluding hydrogens is 689 g/mol. The minimum Gasteiger partial charge on any atom is -0.469 e. The fraction of sp³-hybridized carbons (Fsp3) is 0.833. The van der Waals surface area contributed by atoms with E-state index in [1.807, 2.05) is 0 Å². The van der Waals surface area contributed by atoms with Gasteiger partial charge in [-0.1, -0.05) is 69.6 Å². The van der Waals surface area contributed by atoms with E-state index in [-0.39, 0.29) is 0 Å². The summed E-state index contributed by atoms with van der Waals surface area (Å²) in [7, 11) is 2.59. The molecular formula is C24H32Cl6N2O10. The molecule has 2 aliphatic carbocycles. The topological polar surface area (TPSA) is 148 Å². The molecule has 2 heterocycles. The Morgan fingerprint density at radius 3 is 1.17 bits per heavy atom. The van der Waals surface area contributed by atoms with Crippen molar-refractivity contribution in [3.63, 3.8) is 0 Å². The zero-order valence-electron chi connectivity index (χ0n) is 23.4. The van der Waals surface area contributed by atoms with E-state index < -0.39 is 91.2 Å². The highest BCUT2D eigenvalue weighted by Gasteiger charge is 2.58. The van der Waals surface area contributed by atoms with Gasteiger partial charge in [-0.3, -0.25) is 19.2 Å². The predicted octanol–water partition coefficient (Wildman–Crippen LogP) is 3.11. The number of hydrogen-bond donors (Lipinski definition) is 2. The van der Waals surface area contributed by atoms with Crippen molar-refractivity contribution >= 4 is 93.4 Å². The van der Waals surface area contributed by atoms with Crippen molar-refractivity contribution in [2.75, 3.05) is 14.2 Å². The summed E-state index contributed by atoms with van der Waals surface area (Å²) in [5.74, 6) is -5.17. The molecule has 42 heavy (non-hydrogen) atoms. The van der Waals surface area contributed by atoms with Gasteiger partial charge in [0.2, 0.25) is 0 Å². The molecule has 2 saturated carbocycles. The van der Waals surface area contributed by atoms with Gasteiger partial charge in [0, 0.05) is 0 Å². The lowest BCUT2D eigenvalue weighted by Crippen LogP contribution is -2.47. The molecule has 2 aliphatic heterocycles. The molecule has 0 aromatic rings. The molecule has 2 amide bonds. The van der Waals surface area contributed by atoms with Crippen LogP contribution in [-0.4, -0.2) is 93.6 Å². The van der Waals surface area contributed by atoms with Gasteiger partial charge in [0.25, 0.3) is 19.4 Å². The summed E-state index contributed by atoms with van der Waals surface area (Å²) in [6.45, 7) is 6.92. The van der Waals surface area contributed by atoms with E-state index >= 15 is 0 Å². The highest BCUT2D eigenvalue weighted by Crippen LogP contribution is 2.44. The molecule has 2 N–H and O–H groups in total. The van der Waals surface area contributed by atoms with E-state index in [0.29, 0.717) is 12.8 Å². The summed E-state index contributed by atoms with van der Waals surface area (Å²) < 4.78 is 28.3. The highest BCUT2D eigenvalue weighted by molar-refractivity contribution is 6.76. The lowest BCUT2D eigenvalue weighted by molar-refractivity contribution is -0.169. The Balaban J connectivity index is 0.000000230. The molecule has 0 unspecified atom stereocenters. The van der Waals surface area contributed by atoms with E-state index in [2.05, 4.69) is 10.6 Å². The maximum atomic E-state index is 11.8. The van der Waals surface area contributed by atoms with Crippen LogP contribution in [0.2, 0.25) is 0 Å². The fourth-order valence-electron chi connectivity index (χ4n) is 5.51. The number of ether oxygens (including phenoxy) is 6. The molecule has 0 radical (unpaired) electrons. The monoisotopic (exact) mass is 718 g/mol. The average molecular weight is 721 g/mol. The van der Waals surface area contributed by atoms with Gasteiger partial charge in [-0.25, -0.2) is 0 Å². The van der Waals surface area contributed by atoms with Crippen LogP contribution in [0.4, 0.5) is 0 Å². The third kappa shape index (κ3) is 8.38. The molecule has 0 aromatic carbocycles. The summed E-state index contributed by atoms with van der Waals surface area (Å²) in [4.78, 5) is 47.3. The molecule has 0 spiro atoms. The van der Waals surface area contributed by atoms with Crippen LogP contribution in [0.1, 0.15) is 40.5 Å². The molecule has 8 atom stereocenters. The Labute approximate surface area is 272 Å². The molecule has 0 aromatic heterocycles. The first-order chi connectivity index (χ1) is 19.1. The number of fused-ring (bicyclic) bond motifs is 2. The van der Waals surface area contributed by atoms with Gasteiger partial charge in [0.15, 0.2) is 11.6 Å². The van der Waals surface area contributed by atoms with Crippen molar-refractivity contribution in [2.24, 2.45) is 11.8 Å². The SMILES string of the molecule is COC(=O)[C@@H]1C[C@H](NC(=O)C(Cl)(Cl)Cl)[C@H]2OC(C)(C)O[C@H]21.COC(=O)[C@@H]1C[C@H](NC(=O)C(Cl)(Cl)Cl)[C@H]2OC(C)(C)O[C@H]21. The lowest BCUT2D eigenvalue weighted by Gasteiger charge is -2.24. The molecule has 4 rings (SSSR count). The standard InChI is InChI=1S/2C12H16Cl3NO5/c2*1-11(2)20-7-5(9(17)19-3)4-6(8(7)21-11)16-10(18)12(13,14)15/h2*5-8H,4H2,1-3H3,(H,16,18)/t2*5-,6+,7+,8-/m11/s1. The van der Waals surface area contributed by atoms with Crippen LogP contribution < -0.4 is 10.6 Å². The van der Waals surface area contributed by atoms with Crippen molar-refractivity contribution in [3.05, 3.63) is 0 Å². The van der Waals surface area contributed by atoms with E-state index in [1.54, 1.807) is 27.7 Å². The number of nitrogens with one attached hydrogen (secondary N) is 2. The average Bonchev–Trinajstić information content (AvgIpc) is 3.54. The quantitative estimate of drug-likeness (QED) is 0.328. The number of amides is 2. The van der Waals surface area contributed by atoms with Gasteiger partial charge >= 0.3 is 11.9 Å². The van der Waals surface area contributed by atoms with Gasteiger partial charge in [0.05, 0.1) is 38.1 Å². The van der Waals surface area contributed by atoms with E-state index in [0.717, 1.165) is 0 Å². The van der Waals surface area contributed by atoms with Gasteiger partial charge in [-0.15, -0.1) is 0 Å². The Bertz CT molecular complexity index is 983. The summed E-state index contributed by atoms with van der Waals surface area (Å²) in [6.07, 6.45) is -1.42. The normalized spacial score (nSPS) is 34.4. The molecule has 12 nitrogen and oxygen atoms in total. The number of alkyl halides is 6. The van der Waals surface area contributed by atoms with E-state index in [1.165, 1.54) is 14.2 Å². The second-order valence-electron chi connectivity index (χ2n) is 11.0. The maximum Gasteiger partial charge on any atom is 0.311 e. The summed E-state index contributed by atoms with van der Waals surface area (Å²) >= 11 is 33.3. The number of carbonyl (C=O) groups is 4. The first-order valence-corrected chi connectivity index (χ1v) is 15.0. The second kappa shape index (κ2) is 13.1. The number of halogens is 6. The van der Waals surface area contributed by atoms with Gasteiger partial charge < -0.3 is 39.1 Å². The first-order valence-electron chi connectivity index (χ1n) is 12.7. The summed E-state index contributed by atoms with van der Waals surface area (Å²) in [5.41, 5.74) is 0. The Morgan fingerprint density at radius 1 is 0.619 bits per heavy atom. The number of methoxy groups -OCH3 is 2. The summed E-state index contributed by atoms with van der Waals surface area (Å²) in [5, 5.41) is 5.18. The Morgan fingerprint density at radius 2 is 0.905 bits per heavy atom. The van der Waals surface area contributed by atoms with Crippen molar-refractivity contribution in [1.29, 1.82) is 0 Å². The molecule has 0 bridgehead atoms. The van der Waals surface area contributed by atoms with E-state index in [9.17, 15) is 19.2 Å². The van der Waals surface area contributed by atoms with Crippen molar-refractivity contribution in [1.82, 2.24) is 10.6 Å². The maximum absolute atomic E-state index is 11.8. The molecule has 4 fully saturated rings. The molecule has 2 saturated heterocycles. The van der Waals surface area contributed by atoms with Crippen molar-refractivity contribution in [2.45, 2.75) is 96.2 Å². The van der Waals surface area contributed by atoms with Gasteiger partial charge in [-0.05, 0) is 40.5 Å². The summed E-state index contributed by atoms with van der Waals surface area (Å²) in [6, 6.07) is -0.993. The van der Waals surface area contributed by atoms with Gasteiger partial charge in [0.1, 0.15) is 24.4 Å². The largest absolute Gasteiger partial charge is 0.469 e. The third-order valence-corrected chi connectivity index (χ3v) is 8.11. The fourth-order valence-corrected chi connectivity index (χ4v) is 5.84. The van der Waals surface area contributed by atoms with Crippen LogP contribution >= 0.6 is 69.6 Å². The van der Waals surface area contributed by atoms with E-state index in [4.69, 9.17) is 98.0 Å². The number of esters is 2. The number of rotatable bonds is 4. The second-order valence-corrected chi connectivity index (χ2v) is 15.6. The smallest absolute Gasteiger partial charge is 0.311 e. The van der Waals surface area contributed by atoms with Crippen LogP contribution in [0.5, 0.6) is 0 Å². The molecule has 240 valence electrons. The zero-order chi connectivity index (χ0) is 32.0. The molecule has 4 aliphatic rings. The van der Waals surface area contributed by atoms with Crippen LogP contribution in [0.15, 0.2) is 0 Å². The minimum atomic E-state index is -2.08. The Hall–Kier alpha value is -0.540. The Kier molecular flexibility index (Phi) is 11.2. The zero-order valence-corrected chi connectivity index (χ0v) is 27.9. The van der Waals surface area contributed by atoms with Crippen LogP contribution in [0.3, 0.4) is 0 Å². The minimum absolute atomic E-state index is 0.296. The van der Waals surface area contributed by atoms with Crippen molar-refractivity contribution in [3.8, 4) is 0 Å². The van der Waals surface area contributed by atoms with Gasteiger partial charge in [-0.2, -0.15) is 0 Å². The first kappa shape index (κ1) is 35.9.